The number of rotatable bonds is 7. The van der Waals surface area contributed by atoms with Crippen LogP contribution in [0.3, 0.4) is 0 Å². The van der Waals surface area contributed by atoms with Crippen LogP contribution in [0.1, 0.15) is 195 Å². The van der Waals surface area contributed by atoms with E-state index in [1.54, 1.807) is 12.1 Å². The molecule has 0 atom stereocenters. The minimum Gasteiger partial charge on any atom is -0.507 e. The molecule has 0 amide bonds. The average molecular weight is 587 g/mol. The zero-order valence-electron chi connectivity index (χ0n) is 25.9. The van der Waals surface area contributed by atoms with Crippen molar-refractivity contribution in [1.29, 1.82) is 0 Å². The largest absolute Gasteiger partial charge is 0.507 e. The molecule has 0 spiro atoms. The van der Waals surface area contributed by atoms with Crippen LogP contribution < -0.4 is 4.74 Å². The molecule has 0 bridgehead atoms. The maximum absolute atomic E-state index is 14.3. The smallest absolute Gasteiger partial charge is 0.343 e. The molecule has 4 aliphatic carbocycles. The van der Waals surface area contributed by atoms with Crippen LogP contribution in [0.25, 0.3) is 0 Å². The van der Waals surface area contributed by atoms with Gasteiger partial charge in [0.25, 0.3) is 0 Å². The number of aromatic hydroxyl groups is 1. The first-order valence-electron chi connectivity index (χ1n) is 17.5. The van der Waals surface area contributed by atoms with Gasteiger partial charge in [0.1, 0.15) is 11.5 Å². The zero-order chi connectivity index (χ0) is 29.8. The van der Waals surface area contributed by atoms with Gasteiger partial charge in [0.15, 0.2) is 0 Å². The number of carbonyl (C=O) groups is 2. The number of carboxylic acid groups (broad SMARTS) is 1. The Morgan fingerprint density at radius 3 is 1.19 bits per heavy atom. The molecule has 4 saturated carbocycles. The van der Waals surface area contributed by atoms with Gasteiger partial charge in [-0.15, -0.1) is 0 Å². The minimum absolute atomic E-state index is 0.202. The summed E-state index contributed by atoms with van der Waals surface area (Å²) in [5.74, 6) is 0.698. The lowest BCUT2D eigenvalue weighted by atomic mass is 9.78. The fourth-order valence-electron chi connectivity index (χ4n) is 8.75. The van der Waals surface area contributed by atoms with Gasteiger partial charge in [-0.05, 0) is 122 Å². The summed E-state index contributed by atoms with van der Waals surface area (Å²) in [5, 5.41) is 21.7. The second-order valence-corrected chi connectivity index (χ2v) is 14.0. The number of aromatic carboxylic acids is 1. The van der Waals surface area contributed by atoms with Crippen LogP contribution >= 0.6 is 0 Å². The van der Waals surface area contributed by atoms with Crippen molar-refractivity contribution < 1.29 is 24.5 Å². The Labute approximate surface area is 257 Å². The lowest BCUT2D eigenvalue weighted by Gasteiger charge is -2.30. The first-order valence-corrected chi connectivity index (χ1v) is 17.5. The molecule has 232 valence electrons. The Morgan fingerprint density at radius 1 is 0.512 bits per heavy atom. The highest BCUT2D eigenvalue weighted by atomic mass is 16.5. The van der Waals surface area contributed by atoms with Crippen molar-refractivity contribution in [2.45, 2.75) is 152 Å². The van der Waals surface area contributed by atoms with E-state index in [1.807, 2.05) is 12.1 Å². The molecule has 43 heavy (non-hydrogen) atoms. The maximum atomic E-state index is 14.3. The van der Waals surface area contributed by atoms with Gasteiger partial charge in [-0.25, -0.2) is 9.59 Å². The maximum Gasteiger partial charge on any atom is 0.343 e. The molecule has 0 aliphatic heterocycles. The fraction of sp³-hybridized carbons (Fsp3) is 0.632. The van der Waals surface area contributed by atoms with Gasteiger partial charge in [-0.2, -0.15) is 0 Å². The molecular formula is C38H50O5. The highest BCUT2D eigenvalue weighted by Crippen LogP contribution is 2.47. The van der Waals surface area contributed by atoms with Crippen LogP contribution in [0.4, 0.5) is 0 Å². The van der Waals surface area contributed by atoms with E-state index in [2.05, 4.69) is 0 Å². The average Bonchev–Trinajstić information content (AvgIpc) is 3.06. The number of carboxylic acids is 1. The summed E-state index contributed by atoms with van der Waals surface area (Å²) < 4.78 is 6.51. The third-order valence-electron chi connectivity index (χ3n) is 11.2. The van der Waals surface area contributed by atoms with E-state index >= 15 is 0 Å². The molecule has 0 radical (unpaired) electrons. The summed E-state index contributed by atoms with van der Waals surface area (Å²) in [5.41, 5.74) is 4.52. The van der Waals surface area contributed by atoms with Crippen molar-refractivity contribution in [3.8, 4) is 11.5 Å². The summed E-state index contributed by atoms with van der Waals surface area (Å²) in [6, 6.07) is 7.44. The van der Waals surface area contributed by atoms with Crippen LogP contribution in [0.5, 0.6) is 11.5 Å². The number of hydrogen-bond acceptors (Lipinski definition) is 4. The molecule has 4 aliphatic rings. The highest BCUT2D eigenvalue weighted by molar-refractivity contribution is 5.93. The number of ether oxygens (including phenoxy) is 1. The molecule has 6 rings (SSSR count). The van der Waals surface area contributed by atoms with Crippen molar-refractivity contribution in [2.75, 3.05) is 0 Å². The van der Waals surface area contributed by atoms with Gasteiger partial charge in [0.05, 0.1) is 11.1 Å². The van der Waals surface area contributed by atoms with Crippen LogP contribution in [-0.2, 0) is 0 Å². The second-order valence-electron chi connectivity index (χ2n) is 14.0. The summed E-state index contributed by atoms with van der Waals surface area (Å²) in [6.07, 6.45) is 22.1. The zero-order valence-corrected chi connectivity index (χ0v) is 25.9. The first kappa shape index (κ1) is 30.2. The van der Waals surface area contributed by atoms with Crippen molar-refractivity contribution in [3.05, 3.63) is 57.6 Å². The molecule has 0 heterocycles. The Hall–Kier alpha value is -2.82. The summed E-state index contributed by atoms with van der Waals surface area (Å²) in [4.78, 5) is 26.6. The molecule has 5 nitrogen and oxygen atoms in total. The second kappa shape index (κ2) is 13.9. The molecular weight excluding hydrogens is 536 g/mol. The quantitative estimate of drug-likeness (QED) is 0.249. The Morgan fingerprint density at radius 2 is 0.837 bits per heavy atom. The van der Waals surface area contributed by atoms with Crippen LogP contribution in [-0.4, -0.2) is 22.2 Å². The van der Waals surface area contributed by atoms with E-state index in [1.165, 1.54) is 25.7 Å². The van der Waals surface area contributed by atoms with Crippen molar-refractivity contribution in [1.82, 2.24) is 0 Å². The SMILES string of the molecule is O=C(O)c1cc(C2CCCCC2)c(OC(=O)c2cc(C3CCCCC3)c(O)c(C3CCCCC3)c2)c(C2CCCCC2)c1. The van der Waals surface area contributed by atoms with Crippen molar-refractivity contribution in [2.24, 2.45) is 0 Å². The van der Waals surface area contributed by atoms with Crippen molar-refractivity contribution in [3.63, 3.8) is 0 Å². The lowest BCUT2D eigenvalue weighted by molar-refractivity contribution is 0.0696. The van der Waals surface area contributed by atoms with Crippen LogP contribution in [0.2, 0.25) is 0 Å². The Balaban J connectivity index is 1.42. The van der Waals surface area contributed by atoms with E-state index in [-0.39, 0.29) is 29.6 Å². The number of esters is 1. The standard InChI is InChI=1S/C38H50O5/c39-35-31(25-13-5-1-6-14-25)23-30(24-32(35)26-15-7-2-8-16-26)38(42)43-36-33(27-17-9-3-10-18-27)21-29(37(40)41)22-34(36)28-19-11-4-12-20-28/h21-28,39H,1-20H2,(H,40,41). The Kier molecular flexibility index (Phi) is 9.74. The van der Waals surface area contributed by atoms with Gasteiger partial charge in [-0.3, -0.25) is 0 Å². The lowest BCUT2D eigenvalue weighted by Crippen LogP contribution is -2.18. The predicted molar refractivity (Wildman–Crippen MR) is 170 cm³/mol. The van der Waals surface area contributed by atoms with E-state index < -0.39 is 5.97 Å². The summed E-state index contributed by atoms with van der Waals surface area (Å²) >= 11 is 0. The molecule has 2 aromatic rings. The number of hydrogen-bond donors (Lipinski definition) is 2. The molecule has 4 fully saturated rings. The number of phenolic OH excluding ortho intramolecular Hbond substituents is 1. The molecule has 5 heteroatoms. The highest BCUT2D eigenvalue weighted by Gasteiger charge is 2.31. The summed E-state index contributed by atoms with van der Waals surface area (Å²) in [7, 11) is 0. The first-order chi connectivity index (χ1) is 21.0. The number of phenols is 1. The van der Waals surface area contributed by atoms with Gasteiger partial charge in [0.2, 0.25) is 0 Å². The minimum atomic E-state index is -0.917. The number of carbonyl (C=O) groups excluding carboxylic acids is 1. The molecule has 0 saturated heterocycles. The molecule has 2 aromatic carbocycles. The number of benzene rings is 2. The third kappa shape index (κ3) is 6.81. The third-order valence-corrected chi connectivity index (χ3v) is 11.2. The van der Waals surface area contributed by atoms with Crippen LogP contribution in [0.15, 0.2) is 24.3 Å². The van der Waals surface area contributed by atoms with Gasteiger partial charge in [-0.1, -0.05) is 77.0 Å². The van der Waals surface area contributed by atoms with Gasteiger partial charge >= 0.3 is 11.9 Å². The normalized spacial score (nSPS) is 21.5. The topological polar surface area (TPSA) is 83.8 Å². The van der Waals surface area contributed by atoms with E-state index in [0.717, 1.165) is 125 Å². The van der Waals surface area contributed by atoms with Crippen molar-refractivity contribution >= 4 is 11.9 Å². The van der Waals surface area contributed by atoms with E-state index in [9.17, 15) is 19.8 Å². The van der Waals surface area contributed by atoms with Gasteiger partial charge < -0.3 is 14.9 Å². The van der Waals surface area contributed by atoms with E-state index in [0.29, 0.717) is 22.6 Å². The molecule has 0 aromatic heterocycles. The molecule has 0 unspecified atom stereocenters. The molecule has 2 N–H and O–H groups in total. The van der Waals surface area contributed by atoms with Crippen LogP contribution in [0, 0.1) is 0 Å². The monoisotopic (exact) mass is 586 g/mol. The predicted octanol–water partition coefficient (Wildman–Crippen LogP) is 10.5. The van der Waals surface area contributed by atoms with Gasteiger partial charge in [0, 0.05) is 0 Å². The Bertz CT molecular complexity index is 1210. The fourth-order valence-corrected chi connectivity index (χ4v) is 8.75. The van der Waals surface area contributed by atoms with E-state index in [4.69, 9.17) is 4.74 Å². The summed E-state index contributed by atoms with van der Waals surface area (Å²) in [6.45, 7) is 0.